The van der Waals surface area contributed by atoms with Gasteiger partial charge in [-0.05, 0) is 36.5 Å². The van der Waals surface area contributed by atoms with Crippen LogP contribution in [0, 0.1) is 23.7 Å². The third kappa shape index (κ3) is 3.60. The summed E-state index contributed by atoms with van der Waals surface area (Å²) in [5, 5.41) is 0. The number of fused-ring (bicyclic) bond motifs is 2. The molecule has 0 aromatic heterocycles. The highest BCUT2D eigenvalue weighted by molar-refractivity contribution is 5.10. The van der Waals surface area contributed by atoms with Crippen molar-refractivity contribution in [1.29, 1.82) is 0 Å². The molecule has 0 heteroatoms. The molecule has 0 N–H and O–H groups in total. The lowest BCUT2D eigenvalue weighted by Crippen LogP contribution is -2.16. The Hall–Kier alpha value is -0.260. The fraction of sp³-hybridized carbons (Fsp3) is 0.882. The topological polar surface area (TPSA) is 0 Å². The molecule has 0 amide bonds. The van der Waals surface area contributed by atoms with Gasteiger partial charge in [0.15, 0.2) is 0 Å². The third-order valence-electron chi connectivity index (χ3n) is 5.07. The first kappa shape index (κ1) is 13.2. The van der Waals surface area contributed by atoms with Gasteiger partial charge in [-0.3, -0.25) is 0 Å². The van der Waals surface area contributed by atoms with Crippen molar-refractivity contribution in [3.63, 3.8) is 0 Å². The minimum atomic E-state index is 0.954. The van der Waals surface area contributed by atoms with Gasteiger partial charge < -0.3 is 0 Å². The second-order valence-corrected chi connectivity index (χ2v) is 6.48. The summed E-state index contributed by atoms with van der Waals surface area (Å²) in [6.07, 6.45) is 18.1. The van der Waals surface area contributed by atoms with Gasteiger partial charge in [-0.25, -0.2) is 0 Å². The van der Waals surface area contributed by atoms with Crippen LogP contribution in [-0.2, 0) is 0 Å². The molecule has 98 valence electrons. The highest BCUT2D eigenvalue weighted by Crippen LogP contribution is 2.47. The van der Waals surface area contributed by atoms with Crippen molar-refractivity contribution in [2.45, 2.75) is 71.6 Å². The van der Waals surface area contributed by atoms with Gasteiger partial charge in [0.05, 0.1) is 0 Å². The molecule has 2 aliphatic rings. The van der Waals surface area contributed by atoms with E-state index in [1.54, 1.807) is 0 Å². The average molecular weight is 234 g/mol. The van der Waals surface area contributed by atoms with Crippen LogP contribution in [0.1, 0.15) is 71.6 Å². The molecular weight excluding hydrogens is 204 g/mol. The second-order valence-electron chi connectivity index (χ2n) is 6.48. The molecule has 2 rings (SSSR count). The molecule has 4 unspecified atom stereocenters. The standard InChI is InChI=1S/C17H30/c1-3-4-5-6-7-8-9-14(2)17-13-15-10-11-16(17)12-15/h10-11,14-17H,3-9,12-13H2,1-2H3. The molecule has 2 bridgehead atoms. The molecule has 1 fully saturated rings. The summed E-state index contributed by atoms with van der Waals surface area (Å²) in [4.78, 5) is 0. The van der Waals surface area contributed by atoms with Crippen LogP contribution in [0.3, 0.4) is 0 Å². The molecule has 1 saturated carbocycles. The predicted molar refractivity (Wildman–Crippen MR) is 76.0 cm³/mol. The van der Waals surface area contributed by atoms with Gasteiger partial charge in [0.1, 0.15) is 0 Å². The lowest BCUT2D eigenvalue weighted by atomic mass is 9.80. The molecule has 0 aliphatic heterocycles. The Morgan fingerprint density at radius 3 is 2.41 bits per heavy atom. The lowest BCUT2D eigenvalue weighted by molar-refractivity contribution is 0.285. The van der Waals surface area contributed by atoms with E-state index in [1.807, 2.05) is 0 Å². The van der Waals surface area contributed by atoms with Crippen LogP contribution in [0.2, 0.25) is 0 Å². The van der Waals surface area contributed by atoms with E-state index in [0.717, 1.165) is 23.7 Å². The van der Waals surface area contributed by atoms with E-state index in [4.69, 9.17) is 0 Å². The Bertz CT molecular complexity index is 240. The smallest absolute Gasteiger partial charge is 0.0197 e. The largest absolute Gasteiger partial charge is 0.0851 e. The van der Waals surface area contributed by atoms with Crippen molar-refractivity contribution in [2.24, 2.45) is 23.7 Å². The Labute approximate surface area is 108 Å². The van der Waals surface area contributed by atoms with Crippen molar-refractivity contribution in [3.8, 4) is 0 Å². The van der Waals surface area contributed by atoms with Crippen LogP contribution in [0.15, 0.2) is 12.2 Å². The quantitative estimate of drug-likeness (QED) is 0.379. The van der Waals surface area contributed by atoms with Crippen LogP contribution < -0.4 is 0 Å². The number of hydrogen-bond donors (Lipinski definition) is 0. The summed E-state index contributed by atoms with van der Waals surface area (Å²) in [7, 11) is 0. The minimum Gasteiger partial charge on any atom is -0.0851 e. The minimum absolute atomic E-state index is 0.954. The van der Waals surface area contributed by atoms with E-state index in [0.29, 0.717) is 0 Å². The van der Waals surface area contributed by atoms with Gasteiger partial charge in [0.25, 0.3) is 0 Å². The molecule has 17 heavy (non-hydrogen) atoms. The normalized spacial score (nSPS) is 32.2. The average Bonchev–Trinajstić information content (AvgIpc) is 2.95. The van der Waals surface area contributed by atoms with Gasteiger partial charge in [-0.2, -0.15) is 0 Å². The van der Waals surface area contributed by atoms with Crippen molar-refractivity contribution in [1.82, 2.24) is 0 Å². The summed E-state index contributed by atoms with van der Waals surface area (Å²) >= 11 is 0. The van der Waals surface area contributed by atoms with Crippen LogP contribution in [-0.4, -0.2) is 0 Å². The van der Waals surface area contributed by atoms with Crippen LogP contribution in [0.5, 0.6) is 0 Å². The molecule has 2 aliphatic carbocycles. The van der Waals surface area contributed by atoms with Gasteiger partial charge >= 0.3 is 0 Å². The molecule has 0 saturated heterocycles. The number of allylic oxidation sites excluding steroid dienone is 2. The first-order chi connectivity index (χ1) is 8.31. The van der Waals surface area contributed by atoms with Crippen molar-refractivity contribution >= 4 is 0 Å². The van der Waals surface area contributed by atoms with Crippen molar-refractivity contribution < 1.29 is 0 Å². The number of unbranched alkanes of at least 4 members (excludes halogenated alkanes) is 5. The Morgan fingerprint density at radius 2 is 1.76 bits per heavy atom. The number of rotatable bonds is 8. The SMILES string of the molecule is CCCCCCCCC(C)C1CC2C=CC1C2. The van der Waals surface area contributed by atoms with E-state index in [9.17, 15) is 0 Å². The molecule has 0 aromatic rings. The molecule has 0 spiro atoms. The van der Waals surface area contributed by atoms with Gasteiger partial charge in [-0.15, -0.1) is 0 Å². The molecule has 0 heterocycles. The first-order valence-corrected chi connectivity index (χ1v) is 7.99. The predicted octanol–water partition coefficient (Wildman–Crippen LogP) is 5.59. The fourth-order valence-corrected chi connectivity index (χ4v) is 3.94. The van der Waals surface area contributed by atoms with E-state index >= 15 is 0 Å². The second kappa shape index (κ2) is 6.61. The highest BCUT2D eigenvalue weighted by Gasteiger charge is 2.37. The zero-order valence-corrected chi connectivity index (χ0v) is 11.8. The van der Waals surface area contributed by atoms with Gasteiger partial charge in [0, 0.05) is 0 Å². The van der Waals surface area contributed by atoms with Crippen molar-refractivity contribution in [3.05, 3.63) is 12.2 Å². The Balaban J connectivity index is 1.55. The Morgan fingerprint density at radius 1 is 1.00 bits per heavy atom. The molecule has 0 aromatic carbocycles. The first-order valence-electron chi connectivity index (χ1n) is 7.99. The fourth-order valence-electron chi connectivity index (χ4n) is 3.94. The maximum absolute atomic E-state index is 2.51. The summed E-state index contributed by atoms with van der Waals surface area (Å²) in [6, 6.07) is 0. The highest BCUT2D eigenvalue weighted by atomic mass is 14.4. The molecule has 0 nitrogen and oxygen atoms in total. The van der Waals surface area contributed by atoms with Crippen LogP contribution in [0.25, 0.3) is 0 Å². The molecular formula is C17H30. The molecule has 4 atom stereocenters. The summed E-state index contributed by atoms with van der Waals surface area (Å²) in [5.41, 5.74) is 0. The van der Waals surface area contributed by atoms with Crippen LogP contribution in [0.4, 0.5) is 0 Å². The number of hydrogen-bond acceptors (Lipinski definition) is 0. The third-order valence-corrected chi connectivity index (χ3v) is 5.07. The monoisotopic (exact) mass is 234 g/mol. The van der Waals surface area contributed by atoms with Crippen LogP contribution >= 0.6 is 0 Å². The van der Waals surface area contributed by atoms with E-state index in [1.165, 1.54) is 57.8 Å². The maximum atomic E-state index is 2.51. The Kier molecular flexibility index (Phi) is 5.13. The zero-order chi connectivity index (χ0) is 12.1. The maximum Gasteiger partial charge on any atom is -0.0197 e. The summed E-state index contributed by atoms with van der Waals surface area (Å²) in [5.74, 6) is 3.91. The van der Waals surface area contributed by atoms with E-state index in [-0.39, 0.29) is 0 Å². The summed E-state index contributed by atoms with van der Waals surface area (Å²) < 4.78 is 0. The molecule has 0 radical (unpaired) electrons. The summed E-state index contributed by atoms with van der Waals surface area (Å²) in [6.45, 7) is 4.80. The van der Waals surface area contributed by atoms with Gasteiger partial charge in [0.2, 0.25) is 0 Å². The zero-order valence-electron chi connectivity index (χ0n) is 11.8. The van der Waals surface area contributed by atoms with E-state index < -0.39 is 0 Å². The van der Waals surface area contributed by atoms with Crippen molar-refractivity contribution in [2.75, 3.05) is 0 Å². The van der Waals surface area contributed by atoms with Gasteiger partial charge in [-0.1, -0.05) is 70.9 Å². The van der Waals surface area contributed by atoms with E-state index in [2.05, 4.69) is 26.0 Å². The lowest BCUT2D eigenvalue weighted by Gasteiger charge is -2.25.